The Morgan fingerprint density at radius 1 is 0.906 bits per heavy atom. The highest BCUT2D eigenvalue weighted by atomic mass is 16.5. The molecule has 3 aromatic carbocycles. The van der Waals surface area contributed by atoms with Gasteiger partial charge in [0, 0.05) is 12.0 Å². The summed E-state index contributed by atoms with van der Waals surface area (Å²) in [6.07, 6.45) is 3.53. The highest BCUT2D eigenvalue weighted by molar-refractivity contribution is 5.94. The number of carbonyl (C=O) groups is 1. The lowest BCUT2D eigenvalue weighted by Gasteiger charge is -2.11. The van der Waals surface area contributed by atoms with E-state index in [1.54, 1.807) is 18.3 Å². The Balaban J connectivity index is 1.34. The van der Waals surface area contributed by atoms with Crippen LogP contribution in [0.2, 0.25) is 0 Å². The summed E-state index contributed by atoms with van der Waals surface area (Å²) in [6, 6.07) is 24.9. The van der Waals surface area contributed by atoms with Crippen molar-refractivity contribution in [2.24, 2.45) is 5.10 Å². The quantitative estimate of drug-likeness (QED) is 0.237. The van der Waals surface area contributed by atoms with Crippen LogP contribution in [0.1, 0.15) is 54.1 Å². The largest absolute Gasteiger partial charge is 0.493 e. The molecule has 5 nitrogen and oxygen atoms in total. The van der Waals surface area contributed by atoms with Gasteiger partial charge in [-0.25, -0.2) is 5.43 Å². The average molecular weight is 431 g/mol. The molecular formula is C27H30N2O3. The number of carbonyl (C=O) groups excluding carboxylic acids is 1. The van der Waals surface area contributed by atoms with Crippen molar-refractivity contribution >= 4 is 12.1 Å². The first-order valence-electron chi connectivity index (χ1n) is 11.0. The van der Waals surface area contributed by atoms with Crippen LogP contribution in [0.5, 0.6) is 11.5 Å². The molecule has 0 bridgehead atoms. The molecular weight excluding hydrogens is 400 g/mol. The summed E-state index contributed by atoms with van der Waals surface area (Å²) >= 11 is 0. The Kier molecular flexibility index (Phi) is 8.87. The fourth-order valence-electron chi connectivity index (χ4n) is 3.04. The van der Waals surface area contributed by atoms with Gasteiger partial charge >= 0.3 is 0 Å². The van der Waals surface area contributed by atoms with Crippen molar-refractivity contribution in [2.75, 3.05) is 13.2 Å². The topological polar surface area (TPSA) is 59.9 Å². The van der Waals surface area contributed by atoms with Crippen LogP contribution in [0.15, 0.2) is 84.0 Å². The van der Waals surface area contributed by atoms with Gasteiger partial charge in [0.05, 0.1) is 19.4 Å². The number of ether oxygens (including phenoxy) is 2. The highest BCUT2D eigenvalue weighted by Crippen LogP contribution is 2.21. The summed E-state index contributed by atoms with van der Waals surface area (Å²) in [5.74, 6) is 2.01. The second-order valence-electron chi connectivity index (χ2n) is 7.56. The summed E-state index contributed by atoms with van der Waals surface area (Å²) in [4.78, 5) is 12.0. The summed E-state index contributed by atoms with van der Waals surface area (Å²) in [6.45, 7) is 5.61. The van der Waals surface area contributed by atoms with Crippen molar-refractivity contribution in [1.82, 2.24) is 5.43 Å². The van der Waals surface area contributed by atoms with Gasteiger partial charge < -0.3 is 9.47 Å². The molecule has 0 aliphatic heterocycles. The molecule has 0 saturated heterocycles. The maximum atomic E-state index is 12.0. The van der Waals surface area contributed by atoms with Crippen molar-refractivity contribution in [1.29, 1.82) is 0 Å². The predicted molar refractivity (Wildman–Crippen MR) is 129 cm³/mol. The highest BCUT2D eigenvalue weighted by Gasteiger charge is 2.03. The van der Waals surface area contributed by atoms with E-state index in [0.717, 1.165) is 29.9 Å². The van der Waals surface area contributed by atoms with E-state index >= 15 is 0 Å². The number of rotatable bonds is 11. The minimum absolute atomic E-state index is 0.240. The van der Waals surface area contributed by atoms with Crippen molar-refractivity contribution in [3.63, 3.8) is 0 Å². The predicted octanol–water partition coefficient (Wildman–Crippen LogP) is 5.81. The van der Waals surface area contributed by atoms with E-state index in [4.69, 9.17) is 9.47 Å². The number of hydrogen-bond donors (Lipinski definition) is 1. The van der Waals surface area contributed by atoms with E-state index in [0.29, 0.717) is 24.7 Å². The van der Waals surface area contributed by atoms with Gasteiger partial charge in [0.1, 0.15) is 11.5 Å². The van der Waals surface area contributed by atoms with Crippen LogP contribution < -0.4 is 14.9 Å². The third kappa shape index (κ3) is 7.27. The Morgan fingerprint density at radius 3 is 2.09 bits per heavy atom. The van der Waals surface area contributed by atoms with E-state index in [-0.39, 0.29) is 5.91 Å². The SMILES string of the molecule is CC[C@@H](C)c1ccc(OCCCOc2ccc(/C=N\NC(=O)c3ccccc3)cc2)cc1. The first-order chi connectivity index (χ1) is 15.7. The molecule has 166 valence electrons. The van der Waals surface area contributed by atoms with Crippen molar-refractivity contribution < 1.29 is 14.3 Å². The minimum Gasteiger partial charge on any atom is -0.493 e. The summed E-state index contributed by atoms with van der Waals surface area (Å²) in [5.41, 5.74) is 5.30. The molecule has 0 aromatic heterocycles. The minimum atomic E-state index is -0.240. The molecule has 0 radical (unpaired) electrons. The second kappa shape index (κ2) is 12.3. The third-order valence-electron chi connectivity index (χ3n) is 5.18. The first-order valence-corrected chi connectivity index (χ1v) is 11.0. The number of hydrazone groups is 1. The average Bonchev–Trinajstić information content (AvgIpc) is 2.85. The lowest BCUT2D eigenvalue weighted by Crippen LogP contribution is -2.17. The normalized spacial score (nSPS) is 11.8. The molecule has 0 heterocycles. The molecule has 0 aliphatic carbocycles. The molecule has 0 aliphatic rings. The van der Waals surface area contributed by atoms with Crippen LogP contribution in [0.25, 0.3) is 0 Å². The van der Waals surface area contributed by atoms with Crippen LogP contribution in [-0.2, 0) is 0 Å². The molecule has 0 saturated carbocycles. The number of nitrogens with zero attached hydrogens (tertiary/aromatic N) is 1. The third-order valence-corrected chi connectivity index (χ3v) is 5.18. The Morgan fingerprint density at radius 2 is 1.50 bits per heavy atom. The van der Waals surface area contributed by atoms with E-state index in [1.807, 2.05) is 54.6 Å². The van der Waals surface area contributed by atoms with E-state index in [9.17, 15) is 4.79 Å². The second-order valence-corrected chi connectivity index (χ2v) is 7.56. The number of benzene rings is 3. The molecule has 0 spiro atoms. The molecule has 1 atom stereocenters. The monoisotopic (exact) mass is 430 g/mol. The van der Waals surface area contributed by atoms with Crippen LogP contribution in [0.3, 0.4) is 0 Å². The number of hydrogen-bond acceptors (Lipinski definition) is 4. The Bertz CT molecular complexity index is 984. The number of nitrogens with one attached hydrogen (secondary N) is 1. The standard InChI is InChI=1S/C27H30N2O3/c1-3-21(2)23-12-16-26(17-13-23)32-19-7-18-31-25-14-10-22(11-15-25)20-28-29-27(30)24-8-5-4-6-9-24/h4-6,8-17,20-21H,3,7,18-19H2,1-2H3,(H,29,30)/b28-20-/t21-/m1/s1. The van der Waals surface area contributed by atoms with Crippen molar-refractivity contribution in [2.45, 2.75) is 32.6 Å². The van der Waals surface area contributed by atoms with Gasteiger partial charge in [0.25, 0.3) is 5.91 Å². The van der Waals surface area contributed by atoms with Crippen LogP contribution in [0, 0.1) is 0 Å². The zero-order valence-electron chi connectivity index (χ0n) is 18.7. The lowest BCUT2D eigenvalue weighted by atomic mass is 9.99. The van der Waals surface area contributed by atoms with Gasteiger partial charge in [0.2, 0.25) is 0 Å². The molecule has 5 heteroatoms. The molecule has 0 fully saturated rings. The molecule has 1 N–H and O–H groups in total. The maximum absolute atomic E-state index is 12.0. The zero-order valence-corrected chi connectivity index (χ0v) is 18.7. The summed E-state index contributed by atoms with van der Waals surface area (Å²) in [5, 5.41) is 4.00. The summed E-state index contributed by atoms with van der Waals surface area (Å²) in [7, 11) is 0. The van der Waals surface area contributed by atoms with Crippen molar-refractivity contribution in [3.05, 3.63) is 95.6 Å². The molecule has 32 heavy (non-hydrogen) atoms. The van der Waals surface area contributed by atoms with Gasteiger partial charge in [-0.15, -0.1) is 0 Å². The van der Waals surface area contributed by atoms with E-state index in [2.05, 4.69) is 36.5 Å². The van der Waals surface area contributed by atoms with Gasteiger partial charge in [-0.2, -0.15) is 5.10 Å². The fraction of sp³-hybridized carbons (Fsp3) is 0.259. The molecule has 0 unspecified atom stereocenters. The zero-order chi connectivity index (χ0) is 22.6. The van der Waals surface area contributed by atoms with Gasteiger partial charge in [0.15, 0.2) is 0 Å². The molecule has 1 amide bonds. The van der Waals surface area contributed by atoms with Gasteiger partial charge in [-0.05, 0) is 72.0 Å². The molecule has 3 aromatic rings. The lowest BCUT2D eigenvalue weighted by molar-refractivity contribution is 0.0955. The Labute approximate surface area is 190 Å². The molecule has 3 rings (SSSR count). The maximum Gasteiger partial charge on any atom is 0.271 e. The van der Waals surface area contributed by atoms with Crippen LogP contribution >= 0.6 is 0 Å². The summed E-state index contributed by atoms with van der Waals surface area (Å²) < 4.78 is 11.6. The Hall–Kier alpha value is -3.60. The van der Waals surface area contributed by atoms with Crippen LogP contribution in [-0.4, -0.2) is 25.3 Å². The van der Waals surface area contributed by atoms with Crippen LogP contribution in [0.4, 0.5) is 0 Å². The van der Waals surface area contributed by atoms with E-state index < -0.39 is 0 Å². The van der Waals surface area contributed by atoms with Gasteiger partial charge in [-0.1, -0.05) is 44.2 Å². The smallest absolute Gasteiger partial charge is 0.271 e. The number of amides is 1. The van der Waals surface area contributed by atoms with Crippen molar-refractivity contribution in [3.8, 4) is 11.5 Å². The van der Waals surface area contributed by atoms with E-state index in [1.165, 1.54) is 5.56 Å². The fourth-order valence-corrected chi connectivity index (χ4v) is 3.04. The van der Waals surface area contributed by atoms with Gasteiger partial charge in [-0.3, -0.25) is 4.79 Å². The first kappa shape index (κ1) is 23.1.